The van der Waals surface area contributed by atoms with Gasteiger partial charge in [0.2, 0.25) is 11.8 Å². The summed E-state index contributed by atoms with van der Waals surface area (Å²) >= 11 is 6.69. The third kappa shape index (κ3) is 5.47. The molecule has 1 aliphatic heterocycles. The summed E-state index contributed by atoms with van der Waals surface area (Å²) in [6, 6.07) is 2.38. The molecule has 4 rings (SSSR count). The van der Waals surface area contributed by atoms with E-state index in [4.69, 9.17) is 0 Å². The van der Waals surface area contributed by atoms with Crippen molar-refractivity contribution in [1.29, 1.82) is 0 Å². The van der Waals surface area contributed by atoms with E-state index in [1.54, 1.807) is 22.7 Å². The zero-order valence-corrected chi connectivity index (χ0v) is 19.6. The Labute approximate surface area is 188 Å². The summed E-state index contributed by atoms with van der Waals surface area (Å²) in [5.41, 5.74) is 0.813. The van der Waals surface area contributed by atoms with Gasteiger partial charge in [-0.3, -0.25) is 9.59 Å². The number of halogens is 1. The Balaban J connectivity index is 1.31. The average Bonchev–Trinajstić information content (AvgIpc) is 3.37. The number of nitrogens with zero attached hydrogens (tertiary/aromatic N) is 2. The number of hydrogen-bond acceptors (Lipinski definition) is 5. The van der Waals surface area contributed by atoms with Crippen LogP contribution in [-0.4, -0.2) is 40.8 Å². The van der Waals surface area contributed by atoms with Gasteiger partial charge >= 0.3 is 0 Å². The van der Waals surface area contributed by atoms with Gasteiger partial charge in [0.15, 0.2) is 0 Å². The van der Waals surface area contributed by atoms with Crippen molar-refractivity contribution < 1.29 is 9.59 Å². The number of thiazole rings is 1. The van der Waals surface area contributed by atoms with E-state index in [1.165, 1.54) is 19.3 Å². The zero-order chi connectivity index (χ0) is 20.2. The van der Waals surface area contributed by atoms with Gasteiger partial charge in [-0.25, -0.2) is 4.98 Å². The van der Waals surface area contributed by atoms with Gasteiger partial charge in [-0.2, -0.15) is 0 Å². The molecule has 0 aromatic carbocycles. The summed E-state index contributed by atoms with van der Waals surface area (Å²) in [5, 5.41) is 8.19. The second-order valence-corrected chi connectivity index (χ2v) is 10.7. The predicted octanol–water partition coefficient (Wildman–Crippen LogP) is 4.86. The maximum Gasteiger partial charge on any atom is 0.228 e. The molecular weight excluding hydrogens is 470 g/mol. The molecule has 2 fully saturated rings. The summed E-state index contributed by atoms with van der Waals surface area (Å²) < 4.78 is 1.05. The van der Waals surface area contributed by atoms with E-state index in [1.807, 2.05) is 15.7 Å². The maximum absolute atomic E-state index is 12.8. The van der Waals surface area contributed by atoms with Crippen LogP contribution in [0, 0.1) is 5.92 Å². The highest BCUT2D eigenvalue weighted by Crippen LogP contribution is 2.32. The fraction of sp³-hybridized carbons (Fsp3) is 0.571. The highest BCUT2D eigenvalue weighted by molar-refractivity contribution is 9.10. The minimum Gasteiger partial charge on any atom is -0.353 e. The summed E-state index contributed by atoms with van der Waals surface area (Å²) in [6.07, 6.45) is 7.94. The van der Waals surface area contributed by atoms with E-state index in [9.17, 15) is 9.59 Å². The predicted molar refractivity (Wildman–Crippen MR) is 121 cm³/mol. The van der Waals surface area contributed by atoms with Crippen LogP contribution in [0.4, 0.5) is 0 Å². The van der Waals surface area contributed by atoms with Gasteiger partial charge in [0.25, 0.3) is 0 Å². The molecule has 1 saturated heterocycles. The highest BCUT2D eigenvalue weighted by atomic mass is 79.9. The molecule has 2 amide bonds. The maximum atomic E-state index is 12.8. The number of nitrogens with one attached hydrogen (secondary N) is 1. The second-order valence-electron chi connectivity index (χ2n) is 7.97. The van der Waals surface area contributed by atoms with Crippen LogP contribution in [0.25, 0.3) is 9.88 Å². The Kier molecular flexibility index (Phi) is 7.03. The number of piperidine rings is 1. The molecule has 1 N–H and O–H groups in total. The molecule has 0 bridgehead atoms. The smallest absolute Gasteiger partial charge is 0.228 e. The van der Waals surface area contributed by atoms with E-state index >= 15 is 0 Å². The Hall–Kier alpha value is -1.25. The third-order valence-corrected chi connectivity index (χ3v) is 8.51. The molecule has 1 unspecified atom stereocenters. The lowest BCUT2D eigenvalue weighted by Gasteiger charge is -2.33. The number of aromatic nitrogens is 1. The molecule has 2 aromatic heterocycles. The van der Waals surface area contributed by atoms with Crippen LogP contribution < -0.4 is 5.32 Å². The SMILES string of the molecule is O=C(NC1CCCCC1)C1CCCN(C(=O)Cc2csc(-c3cc(Br)cs3)n2)C1. The van der Waals surface area contributed by atoms with Crippen molar-refractivity contribution in [2.75, 3.05) is 13.1 Å². The van der Waals surface area contributed by atoms with Crippen molar-refractivity contribution in [2.24, 2.45) is 5.92 Å². The lowest BCUT2D eigenvalue weighted by Crippen LogP contribution is -2.48. The molecule has 8 heteroatoms. The molecule has 0 spiro atoms. The highest BCUT2D eigenvalue weighted by Gasteiger charge is 2.30. The Morgan fingerprint density at radius 3 is 2.72 bits per heavy atom. The monoisotopic (exact) mass is 495 g/mol. The fourth-order valence-corrected chi connectivity index (χ4v) is 6.50. The minimum absolute atomic E-state index is 0.0735. The molecule has 5 nitrogen and oxygen atoms in total. The van der Waals surface area contributed by atoms with Crippen LogP contribution in [0.2, 0.25) is 0 Å². The molecular formula is C21H26BrN3O2S2. The molecule has 1 aliphatic carbocycles. The Morgan fingerprint density at radius 1 is 1.14 bits per heavy atom. The average molecular weight is 496 g/mol. The van der Waals surface area contributed by atoms with Crippen molar-refractivity contribution in [2.45, 2.75) is 57.4 Å². The molecule has 1 atom stereocenters. The van der Waals surface area contributed by atoms with Crippen LogP contribution >= 0.6 is 38.6 Å². The van der Waals surface area contributed by atoms with Gasteiger partial charge in [0.1, 0.15) is 5.01 Å². The van der Waals surface area contributed by atoms with E-state index in [2.05, 4.69) is 32.3 Å². The van der Waals surface area contributed by atoms with Crippen LogP contribution in [0.15, 0.2) is 21.3 Å². The van der Waals surface area contributed by atoms with Crippen molar-refractivity contribution in [1.82, 2.24) is 15.2 Å². The number of amides is 2. The number of rotatable bonds is 5. The molecule has 0 radical (unpaired) electrons. The Bertz CT molecular complexity index is 860. The summed E-state index contributed by atoms with van der Waals surface area (Å²) in [5.74, 6) is 0.127. The van der Waals surface area contributed by atoms with Crippen LogP contribution in [0.1, 0.15) is 50.6 Å². The van der Waals surface area contributed by atoms with Crippen molar-refractivity contribution in [3.8, 4) is 9.88 Å². The quantitative estimate of drug-likeness (QED) is 0.643. The van der Waals surface area contributed by atoms with E-state index < -0.39 is 0 Å². The summed E-state index contributed by atoms with van der Waals surface area (Å²) in [4.78, 5) is 33.1. The standard InChI is InChI=1S/C21H26BrN3O2S2/c22-15-9-18(28-12-15)21-24-17(13-29-21)10-19(26)25-8-4-5-14(11-25)20(27)23-16-6-2-1-3-7-16/h9,12-14,16H,1-8,10-11H2,(H,23,27). The number of carbonyl (C=O) groups excluding carboxylic acids is 2. The van der Waals surface area contributed by atoms with Gasteiger partial charge in [0.05, 0.1) is 22.9 Å². The normalized spacial score (nSPS) is 20.6. The molecule has 156 valence electrons. The largest absolute Gasteiger partial charge is 0.353 e. The second kappa shape index (κ2) is 9.71. The number of thiophene rings is 1. The summed E-state index contributed by atoms with van der Waals surface area (Å²) in [7, 11) is 0. The Morgan fingerprint density at radius 2 is 1.97 bits per heavy atom. The van der Waals surface area contributed by atoms with Crippen LogP contribution in [0.3, 0.4) is 0 Å². The molecule has 1 saturated carbocycles. The fourth-order valence-electron chi connectivity index (χ4n) is 4.18. The number of carbonyl (C=O) groups is 2. The first-order chi connectivity index (χ1) is 14.1. The lowest BCUT2D eigenvalue weighted by atomic mass is 9.93. The third-order valence-electron chi connectivity index (χ3n) is 5.76. The van der Waals surface area contributed by atoms with E-state index in [-0.39, 0.29) is 17.7 Å². The summed E-state index contributed by atoms with van der Waals surface area (Å²) in [6.45, 7) is 1.27. The van der Waals surface area contributed by atoms with Crippen molar-refractivity contribution in [3.63, 3.8) is 0 Å². The van der Waals surface area contributed by atoms with Gasteiger partial charge in [-0.05, 0) is 47.7 Å². The van der Waals surface area contributed by atoms with E-state index in [0.717, 1.165) is 52.3 Å². The van der Waals surface area contributed by atoms with Crippen LogP contribution in [-0.2, 0) is 16.0 Å². The van der Waals surface area contributed by atoms with Gasteiger partial charge in [0, 0.05) is 34.4 Å². The number of likely N-dealkylation sites (tertiary alicyclic amines) is 1. The van der Waals surface area contributed by atoms with Crippen molar-refractivity contribution >= 4 is 50.4 Å². The first-order valence-electron chi connectivity index (χ1n) is 10.4. The molecule has 29 heavy (non-hydrogen) atoms. The van der Waals surface area contributed by atoms with E-state index in [0.29, 0.717) is 19.0 Å². The van der Waals surface area contributed by atoms with Gasteiger partial charge in [-0.15, -0.1) is 22.7 Å². The lowest BCUT2D eigenvalue weighted by molar-refractivity contribution is -0.135. The number of hydrogen-bond donors (Lipinski definition) is 1. The van der Waals surface area contributed by atoms with Gasteiger partial charge < -0.3 is 10.2 Å². The molecule has 3 heterocycles. The van der Waals surface area contributed by atoms with Crippen molar-refractivity contribution in [3.05, 3.63) is 27.0 Å². The van der Waals surface area contributed by atoms with Crippen LogP contribution in [0.5, 0.6) is 0 Å². The minimum atomic E-state index is -0.0795. The zero-order valence-electron chi connectivity index (χ0n) is 16.4. The molecule has 2 aromatic rings. The topological polar surface area (TPSA) is 62.3 Å². The first-order valence-corrected chi connectivity index (χ1v) is 12.9. The first kappa shape index (κ1) is 21.0. The van der Waals surface area contributed by atoms with Gasteiger partial charge in [-0.1, -0.05) is 19.3 Å². The molecule has 2 aliphatic rings.